The van der Waals surface area contributed by atoms with Crippen LogP contribution in [-0.2, 0) is 9.53 Å². The van der Waals surface area contributed by atoms with E-state index >= 15 is 0 Å². The molecule has 1 rings (SSSR count). The van der Waals surface area contributed by atoms with Crippen molar-refractivity contribution in [2.24, 2.45) is 11.3 Å². The molecule has 0 bridgehead atoms. The van der Waals surface area contributed by atoms with E-state index in [4.69, 9.17) is 11.2 Å². The quantitative estimate of drug-likeness (QED) is 0.553. The lowest BCUT2D eigenvalue weighted by molar-refractivity contribution is -0.168. The number of esters is 1. The Bertz CT molecular complexity index is 314. The molecule has 0 radical (unpaired) electrons. The summed E-state index contributed by atoms with van der Waals surface area (Å²) in [5, 5.41) is 0. The molecule has 0 heterocycles. The van der Waals surface area contributed by atoms with E-state index in [1.165, 1.54) is 0 Å². The number of hydrogen-bond donors (Lipinski definition) is 0. The molecule has 96 valence electrons. The van der Waals surface area contributed by atoms with E-state index < -0.39 is 11.0 Å². The van der Waals surface area contributed by atoms with Crippen molar-refractivity contribution in [1.82, 2.24) is 0 Å². The van der Waals surface area contributed by atoms with Crippen molar-refractivity contribution >= 4 is 5.97 Å². The fraction of sp³-hybridized carbons (Fsp3) is 0.800. The fourth-order valence-corrected chi connectivity index (χ4v) is 1.96. The number of terminal acetylenes is 1. The highest BCUT2D eigenvalue weighted by Gasteiger charge is 2.39. The highest BCUT2D eigenvalue weighted by atomic mass is 16.6. The first-order valence-corrected chi connectivity index (χ1v) is 6.56. The molecule has 0 saturated heterocycles. The van der Waals surface area contributed by atoms with E-state index in [1.54, 1.807) is 0 Å². The van der Waals surface area contributed by atoms with Crippen LogP contribution >= 0.6 is 0 Å². The molecular weight excluding hydrogens is 212 g/mol. The minimum absolute atomic E-state index is 0.160. The van der Waals surface area contributed by atoms with Crippen molar-refractivity contribution in [2.75, 3.05) is 0 Å². The maximum atomic E-state index is 12.1. The summed E-state index contributed by atoms with van der Waals surface area (Å²) >= 11 is 0. The SMILES string of the molecule is C#CC1(OC(=O)C(C)(C)CC)CCC(C)CC1. The van der Waals surface area contributed by atoms with Gasteiger partial charge in [0.15, 0.2) is 5.60 Å². The third kappa shape index (κ3) is 3.25. The summed E-state index contributed by atoms with van der Waals surface area (Å²) in [7, 11) is 0. The van der Waals surface area contributed by atoms with Crippen LogP contribution in [0.5, 0.6) is 0 Å². The van der Waals surface area contributed by atoms with Crippen LogP contribution < -0.4 is 0 Å². The van der Waals surface area contributed by atoms with Gasteiger partial charge in [-0.3, -0.25) is 4.79 Å². The van der Waals surface area contributed by atoms with Gasteiger partial charge in [0.25, 0.3) is 0 Å². The molecule has 2 nitrogen and oxygen atoms in total. The average Bonchev–Trinajstić information content (AvgIpc) is 2.32. The largest absolute Gasteiger partial charge is 0.445 e. The normalized spacial score (nSPS) is 29.5. The summed E-state index contributed by atoms with van der Waals surface area (Å²) in [6.45, 7) is 8.03. The van der Waals surface area contributed by atoms with Crippen molar-refractivity contribution in [3.63, 3.8) is 0 Å². The standard InChI is InChI=1S/C15H24O2/c1-6-14(4,5)13(16)17-15(7-2)10-8-12(3)9-11-15/h2,12H,6,8-11H2,1,3-5H3. The smallest absolute Gasteiger partial charge is 0.313 e. The first-order chi connectivity index (χ1) is 7.85. The maximum absolute atomic E-state index is 12.1. The Hall–Kier alpha value is -0.970. The van der Waals surface area contributed by atoms with Crippen LogP contribution in [0.2, 0.25) is 0 Å². The zero-order valence-electron chi connectivity index (χ0n) is 11.5. The zero-order valence-corrected chi connectivity index (χ0v) is 11.5. The van der Waals surface area contributed by atoms with Gasteiger partial charge in [-0.05, 0) is 51.9 Å². The molecule has 0 aromatic heterocycles. The van der Waals surface area contributed by atoms with E-state index in [0.717, 1.165) is 32.1 Å². The van der Waals surface area contributed by atoms with E-state index in [9.17, 15) is 4.79 Å². The topological polar surface area (TPSA) is 26.3 Å². The van der Waals surface area contributed by atoms with Gasteiger partial charge in [-0.1, -0.05) is 19.8 Å². The molecule has 1 aliphatic rings. The molecule has 2 heteroatoms. The Balaban J connectivity index is 2.71. The molecule has 1 saturated carbocycles. The molecule has 1 fully saturated rings. The van der Waals surface area contributed by atoms with Crippen LogP contribution in [0.15, 0.2) is 0 Å². The molecule has 0 N–H and O–H groups in total. The summed E-state index contributed by atoms with van der Waals surface area (Å²) in [6.07, 6.45) is 10.1. The van der Waals surface area contributed by atoms with Gasteiger partial charge in [0.2, 0.25) is 0 Å². The molecule has 0 spiro atoms. The van der Waals surface area contributed by atoms with Gasteiger partial charge in [-0.25, -0.2) is 0 Å². The molecule has 0 atom stereocenters. The minimum Gasteiger partial charge on any atom is -0.445 e. The highest BCUT2D eigenvalue weighted by molar-refractivity contribution is 5.76. The van der Waals surface area contributed by atoms with Crippen molar-refractivity contribution in [3.8, 4) is 12.3 Å². The summed E-state index contributed by atoms with van der Waals surface area (Å²) < 4.78 is 5.66. The number of hydrogen-bond acceptors (Lipinski definition) is 2. The van der Waals surface area contributed by atoms with Crippen LogP contribution in [0.3, 0.4) is 0 Å². The van der Waals surface area contributed by atoms with E-state index in [0.29, 0.717) is 5.92 Å². The molecule has 1 aliphatic carbocycles. The van der Waals surface area contributed by atoms with Gasteiger partial charge in [0.1, 0.15) is 0 Å². The minimum atomic E-state index is -0.643. The third-order valence-electron chi connectivity index (χ3n) is 4.07. The van der Waals surface area contributed by atoms with Crippen molar-refractivity contribution in [3.05, 3.63) is 0 Å². The van der Waals surface area contributed by atoms with Gasteiger partial charge in [-0.15, -0.1) is 6.42 Å². The Labute approximate surface area is 105 Å². The maximum Gasteiger partial charge on any atom is 0.313 e. The lowest BCUT2D eigenvalue weighted by atomic mass is 9.79. The summed E-state index contributed by atoms with van der Waals surface area (Å²) in [5.41, 5.74) is -1.08. The lowest BCUT2D eigenvalue weighted by Crippen LogP contribution is -2.41. The summed E-state index contributed by atoms with van der Waals surface area (Å²) in [5.74, 6) is 3.25. The number of ether oxygens (including phenoxy) is 1. The Morgan fingerprint density at radius 1 is 1.47 bits per heavy atom. The number of carbonyl (C=O) groups is 1. The first kappa shape index (κ1) is 14.1. The van der Waals surface area contributed by atoms with Crippen LogP contribution in [0.4, 0.5) is 0 Å². The van der Waals surface area contributed by atoms with E-state index in [-0.39, 0.29) is 5.97 Å². The van der Waals surface area contributed by atoms with Gasteiger partial charge in [0.05, 0.1) is 5.41 Å². The number of carbonyl (C=O) groups excluding carboxylic acids is 1. The van der Waals surface area contributed by atoms with Crippen LogP contribution in [-0.4, -0.2) is 11.6 Å². The van der Waals surface area contributed by atoms with Gasteiger partial charge in [-0.2, -0.15) is 0 Å². The van der Waals surface area contributed by atoms with Crippen molar-refractivity contribution < 1.29 is 9.53 Å². The van der Waals surface area contributed by atoms with Gasteiger partial charge < -0.3 is 4.74 Å². The highest BCUT2D eigenvalue weighted by Crippen LogP contribution is 2.36. The van der Waals surface area contributed by atoms with Crippen molar-refractivity contribution in [1.29, 1.82) is 0 Å². The second-order valence-electron chi connectivity index (χ2n) is 5.95. The summed E-state index contributed by atoms with van der Waals surface area (Å²) in [6, 6.07) is 0. The molecule has 17 heavy (non-hydrogen) atoms. The monoisotopic (exact) mass is 236 g/mol. The average molecular weight is 236 g/mol. The molecule has 0 aliphatic heterocycles. The first-order valence-electron chi connectivity index (χ1n) is 6.56. The van der Waals surface area contributed by atoms with E-state index in [2.05, 4.69) is 12.8 Å². The van der Waals surface area contributed by atoms with Crippen LogP contribution in [0.25, 0.3) is 0 Å². The summed E-state index contributed by atoms with van der Waals surface area (Å²) in [4.78, 5) is 12.1. The Morgan fingerprint density at radius 3 is 2.41 bits per heavy atom. The third-order valence-corrected chi connectivity index (χ3v) is 4.07. The molecular formula is C15H24O2. The second-order valence-corrected chi connectivity index (χ2v) is 5.95. The van der Waals surface area contributed by atoms with Crippen LogP contribution in [0.1, 0.15) is 59.8 Å². The van der Waals surface area contributed by atoms with Gasteiger partial charge in [0, 0.05) is 0 Å². The zero-order chi connectivity index (χ0) is 13.1. The molecule has 0 amide bonds. The second kappa shape index (κ2) is 5.12. The predicted octanol–water partition coefficient (Wildman–Crippen LogP) is 3.55. The fourth-order valence-electron chi connectivity index (χ4n) is 1.96. The molecule has 0 aromatic carbocycles. The molecule has 0 aromatic rings. The van der Waals surface area contributed by atoms with Gasteiger partial charge >= 0.3 is 5.97 Å². The predicted molar refractivity (Wildman–Crippen MR) is 69.4 cm³/mol. The Morgan fingerprint density at radius 2 is 2.00 bits per heavy atom. The van der Waals surface area contributed by atoms with E-state index in [1.807, 2.05) is 20.8 Å². The Kier molecular flexibility index (Phi) is 4.25. The number of rotatable bonds is 3. The lowest BCUT2D eigenvalue weighted by Gasteiger charge is -2.37. The van der Waals surface area contributed by atoms with Crippen molar-refractivity contribution in [2.45, 2.75) is 65.4 Å². The molecule has 0 unspecified atom stereocenters. The van der Waals surface area contributed by atoms with Crippen LogP contribution in [0, 0.1) is 23.7 Å².